The zero-order valence-corrected chi connectivity index (χ0v) is 17.9. The molecule has 3 rings (SSSR count). The molecule has 31 heavy (non-hydrogen) atoms. The second kappa shape index (κ2) is 10.3. The first-order chi connectivity index (χ1) is 15.0. The summed E-state index contributed by atoms with van der Waals surface area (Å²) < 4.78 is 27.0. The van der Waals surface area contributed by atoms with Gasteiger partial charge in [0.2, 0.25) is 17.1 Å². The van der Waals surface area contributed by atoms with Gasteiger partial charge in [-0.15, -0.1) is 0 Å². The quantitative estimate of drug-likeness (QED) is 0.673. The molecular formula is C22H27NO8. The molecule has 0 spiro atoms. The maximum atomic E-state index is 13.1. The van der Waals surface area contributed by atoms with Crippen molar-refractivity contribution in [3.63, 3.8) is 0 Å². The Morgan fingerprint density at radius 1 is 1.16 bits per heavy atom. The van der Waals surface area contributed by atoms with E-state index >= 15 is 0 Å². The fourth-order valence-corrected chi connectivity index (χ4v) is 3.57. The molecule has 1 aliphatic rings. The van der Waals surface area contributed by atoms with Crippen LogP contribution < -0.4 is 14.9 Å². The summed E-state index contributed by atoms with van der Waals surface area (Å²) in [4.78, 5) is 27.1. The van der Waals surface area contributed by atoms with E-state index in [1.165, 1.54) is 27.4 Å². The Morgan fingerprint density at radius 3 is 2.55 bits per heavy atom. The van der Waals surface area contributed by atoms with Crippen LogP contribution in [0.25, 0.3) is 0 Å². The van der Waals surface area contributed by atoms with Crippen molar-refractivity contribution < 1.29 is 33.3 Å². The van der Waals surface area contributed by atoms with E-state index in [-0.39, 0.29) is 30.5 Å². The molecule has 1 aromatic heterocycles. The molecule has 1 atom stereocenters. The van der Waals surface area contributed by atoms with Crippen molar-refractivity contribution >= 4 is 5.91 Å². The molecule has 2 aromatic rings. The fourth-order valence-electron chi connectivity index (χ4n) is 3.57. The minimum absolute atomic E-state index is 0.00961. The number of ether oxygens (including phenoxy) is 4. The van der Waals surface area contributed by atoms with Crippen molar-refractivity contribution in [1.82, 2.24) is 4.90 Å². The summed E-state index contributed by atoms with van der Waals surface area (Å²) >= 11 is 0. The molecular weight excluding hydrogens is 406 g/mol. The van der Waals surface area contributed by atoms with Gasteiger partial charge in [0.05, 0.1) is 33.4 Å². The first-order valence-corrected chi connectivity index (χ1v) is 9.90. The van der Waals surface area contributed by atoms with Crippen molar-refractivity contribution in [3.05, 3.63) is 51.6 Å². The normalized spacial score (nSPS) is 14.9. The van der Waals surface area contributed by atoms with Crippen LogP contribution in [-0.4, -0.2) is 63.5 Å². The molecule has 168 valence electrons. The molecule has 0 radical (unpaired) electrons. The van der Waals surface area contributed by atoms with Crippen LogP contribution >= 0.6 is 0 Å². The summed E-state index contributed by atoms with van der Waals surface area (Å²) in [6.45, 7) is 1.93. The van der Waals surface area contributed by atoms with Gasteiger partial charge in [-0.3, -0.25) is 9.59 Å². The number of hydrogen-bond donors (Lipinski definition) is 1. The lowest BCUT2D eigenvalue weighted by molar-refractivity contribution is -0.135. The minimum Gasteiger partial charge on any atom is -0.502 e. The number of amides is 1. The topological polar surface area (TPSA) is 108 Å². The van der Waals surface area contributed by atoms with Gasteiger partial charge in [0, 0.05) is 44.3 Å². The van der Waals surface area contributed by atoms with Crippen molar-refractivity contribution in [2.75, 3.05) is 47.6 Å². The number of rotatable bonds is 8. The Labute approximate surface area is 180 Å². The van der Waals surface area contributed by atoms with Gasteiger partial charge in [0.25, 0.3) is 0 Å². The molecule has 0 aliphatic carbocycles. The van der Waals surface area contributed by atoms with E-state index in [9.17, 15) is 14.7 Å². The molecule has 2 heterocycles. The third kappa shape index (κ3) is 5.18. The van der Waals surface area contributed by atoms with Gasteiger partial charge in [0.1, 0.15) is 23.9 Å². The van der Waals surface area contributed by atoms with E-state index in [1.807, 2.05) is 0 Å². The summed E-state index contributed by atoms with van der Waals surface area (Å²) in [5.74, 6) is -0.208. The van der Waals surface area contributed by atoms with E-state index < -0.39 is 17.1 Å². The number of nitrogens with zero attached hydrogens (tertiary/aromatic N) is 1. The van der Waals surface area contributed by atoms with Crippen LogP contribution in [0.3, 0.4) is 0 Å². The highest BCUT2D eigenvalue weighted by Gasteiger charge is 2.31. The van der Waals surface area contributed by atoms with Gasteiger partial charge in [-0.1, -0.05) is 6.07 Å². The highest BCUT2D eigenvalue weighted by atomic mass is 16.5. The van der Waals surface area contributed by atoms with Crippen molar-refractivity contribution in [2.45, 2.75) is 18.9 Å². The van der Waals surface area contributed by atoms with Crippen LogP contribution in [0.4, 0.5) is 0 Å². The fraction of sp³-hybridized carbons (Fsp3) is 0.455. The van der Waals surface area contributed by atoms with Gasteiger partial charge >= 0.3 is 0 Å². The van der Waals surface area contributed by atoms with Gasteiger partial charge in [-0.25, -0.2) is 0 Å². The lowest BCUT2D eigenvalue weighted by Crippen LogP contribution is -2.41. The molecule has 1 saturated heterocycles. The van der Waals surface area contributed by atoms with E-state index in [1.54, 1.807) is 23.1 Å². The maximum Gasteiger partial charge on any atom is 0.227 e. The summed E-state index contributed by atoms with van der Waals surface area (Å²) in [7, 11) is 4.50. The zero-order chi connectivity index (χ0) is 22.4. The number of carbonyl (C=O) groups is 1. The molecule has 1 aromatic carbocycles. The summed E-state index contributed by atoms with van der Waals surface area (Å²) in [5.41, 5.74) is -0.0254. The van der Waals surface area contributed by atoms with Gasteiger partial charge in [0.15, 0.2) is 5.76 Å². The Kier molecular flexibility index (Phi) is 7.54. The van der Waals surface area contributed by atoms with Crippen LogP contribution in [0, 0.1) is 0 Å². The third-order valence-corrected chi connectivity index (χ3v) is 5.16. The van der Waals surface area contributed by atoms with Crippen LogP contribution in [-0.2, 0) is 20.9 Å². The molecule has 0 saturated carbocycles. The molecule has 0 unspecified atom stereocenters. The first kappa shape index (κ1) is 22.6. The smallest absolute Gasteiger partial charge is 0.227 e. The summed E-state index contributed by atoms with van der Waals surface area (Å²) in [6.07, 6.45) is -0.0321. The number of carbonyl (C=O) groups excluding carboxylic acids is 1. The van der Waals surface area contributed by atoms with E-state index in [2.05, 4.69) is 0 Å². The van der Waals surface area contributed by atoms with Crippen molar-refractivity contribution in [1.29, 1.82) is 0 Å². The van der Waals surface area contributed by atoms with Crippen molar-refractivity contribution in [2.24, 2.45) is 0 Å². The van der Waals surface area contributed by atoms with Crippen molar-refractivity contribution in [3.8, 4) is 17.2 Å². The number of aromatic hydroxyl groups is 1. The second-order valence-electron chi connectivity index (χ2n) is 7.08. The Morgan fingerprint density at radius 2 is 1.90 bits per heavy atom. The van der Waals surface area contributed by atoms with Gasteiger partial charge in [-0.05, 0) is 6.07 Å². The van der Waals surface area contributed by atoms with E-state index in [4.69, 9.17) is 23.4 Å². The summed E-state index contributed by atoms with van der Waals surface area (Å²) in [5, 5.41) is 10.6. The monoisotopic (exact) mass is 433 g/mol. The van der Waals surface area contributed by atoms with Crippen LogP contribution in [0.15, 0.2) is 33.5 Å². The molecule has 9 nitrogen and oxygen atoms in total. The predicted octanol–water partition coefficient (Wildman–Crippen LogP) is 1.89. The summed E-state index contributed by atoms with van der Waals surface area (Å²) in [6, 6.07) is 6.31. The Balaban J connectivity index is 2.09. The van der Waals surface area contributed by atoms with E-state index in [0.717, 1.165) is 0 Å². The lowest BCUT2D eigenvalue weighted by Gasteiger charge is -2.29. The number of benzene rings is 1. The van der Waals surface area contributed by atoms with Crippen LogP contribution in [0.5, 0.6) is 17.2 Å². The molecule has 9 heteroatoms. The number of morpholine rings is 1. The standard InChI is InChI=1S/C22H27NO8/c1-27-13-15-10-18(24)21(26)22(31-15)17(12-20(25)23-6-8-30-9-7-23)16-5-4-14(28-2)11-19(16)29-3/h4-5,10-11,17,26H,6-9,12-13H2,1-3H3/t17-/m0/s1. The Bertz CT molecular complexity index is 964. The average Bonchev–Trinajstić information content (AvgIpc) is 2.80. The highest BCUT2D eigenvalue weighted by molar-refractivity contribution is 5.78. The molecule has 1 N–H and O–H groups in total. The van der Waals surface area contributed by atoms with Gasteiger partial charge in [-0.2, -0.15) is 0 Å². The van der Waals surface area contributed by atoms with E-state index in [0.29, 0.717) is 43.4 Å². The lowest BCUT2D eigenvalue weighted by atomic mass is 9.90. The molecule has 1 fully saturated rings. The molecule has 1 amide bonds. The predicted molar refractivity (Wildman–Crippen MR) is 111 cm³/mol. The molecule has 1 aliphatic heterocycles. The van der Waals surface area contributed by atoms with Crippen LogP contribution in [0.1, 0.15) is 29.4 Å². The maximum absolute atomic E-state index is 13.1. The highest BCUT2D eigenvalue weighted by Crippen LogP contribution is 2.39. The number of hydrogen-bond acceptors (Lipinski definition) is 8. The Hall–Kier alpha value is -3.04. The average molecular weight is 433 g/mol. The first-order valence-electron chi connectivity index (χ1n) is 9.90. The minimum atomic E-state index is -0.763. The zero-order valence-electron chi connectivity index (χ0n) is 17.9. The number of methoxy groups -OCH3 is 3. The SMILES string of the molecule is COCc1cc(=O)c(O)c([C@@H](CC(=O)N2CCOCC2)c2ccc(OC)cc2OC)o1. The van der Waals surface area contributed by atoms with Gasteiger partial charge < -0.3 is 33.4 Å². The molecule has 0 bridgehead atoms. The van der Waals surface area contributed by atoms with Crippen LogP contribution in [0.2, 0.25) is 0 Å². The third-order valence-electron chi connectivity index (χ3n) is 5.16. The largest absolute Gasteiger partial charge is 0.502 e. The second-order valence-corrected chi connectivity index (χ2v) is 7.08.